The smallest absolute Gasteiger partial charge is 0.304 e. The SMILES string of the molecule is Cc1c(CN2CCCCC2CC(=O)O)cccc1[N+](=O)[O-]. The van der Waals surface area contributed by atoms with Gasteiger partial charge in [0.25, 0.3) is 5.69 Å². The fourth-order valence-corrected chi connectivity index (χ4v) is 2.96. The largest absolute Gasteiger partial charge is 0.481 e. The van der Waals surface area contributed by atoms with Crippen molar-refractivity contribution in [1.29, 1.82) is 0 Å². The average Bonchev–Trinajstić information content (AvgIpc) is 2.42. The highest BCUT2D eigenvalue weighted by Gasteiger charge is 2.25. The lowest BCUT2D eigenvalue weighted by atomic mass is 9.97. The number of carbonyl (C=O) groups is 1. The summed E-state index contributed by atoms with van der Waals surface area (Å²) in [6.07, 6.45) is 3.10. The third kappa shape index (κ3) is 3.78. The van der Waals surface area contributed by atoms with Gasteiger partial charge in [-0.2, -0.15) is 0 Å². The molecule has 114 valence electrons. The van der Waals surface area contributed by atoms with Gasteiger partial charge in [0.15, 0.2) is 0 Å². The minimum absolute atomic E-state index is 0.0231. The summed E-state index contributed by atoms with van der Waals surface area (Å²) in [5.41, 5.74) is 1.70. The maximum absolute atomic E-state index is 11.0. The number of hydrogen-bond donors (Lipinski definition) is 1. The fourth-order valence-electron chi connectivity index (χ4n) is 2.96. The fraction of sp³-hybridized carbons (Fsp3) is 0.533. The molecule has 1 atom stereocenters. The number of piperidine rings is 1. The highest BCUT2D eigenvalue weighted by atomic mass is 16.6. The lowest BCUT2D eigenvalue weighted by molar-refractivity contribution is -0.385. The Morgan fingerprint density at radius 2 is 2.24 bits per heavy atom. The summed E-state index contributed by atoms with van der Waals surface area (Å²) in [5, 5.41) is 20.0. The second kappa shape index (κ2) is 6.67. The quantitative estimate of drug-likeness (QED) is 0.666. The molecule has 6 nitrogen and oxygen atoms in total. The molecule has 1 aliphatic rings. The van der Waals surface area contributed by atoms with Crippen molar-refractivity contribution in [2.75, 3.05) is 6.54 Å². The second-order valence-corrected chi connectivity index (χ2v) is 5.54. The molecule has 21 heavy (non-hydrogen) atoms. The molecule has 1 aromatic rings. The van der Waals surface area contributed by atoms with Gasteiger partial charge in [0.05, 0.1) is 11.3 Å². The molecule has 6 heteroatoms. The lowest BCUT2D eigenvalue weighted by Gasteiger charge is -2.35. The summed E-state index contributed by atoms with van der Waals surface area (Å²) in [6, 6.07) is 5.10. The van der Waals surface area contributed by atoms with E-state index in [1.807, 2.05) is 6.07 Å². The van der Waals surface area contributed by atoms with Crippen molar-refractivity contribution in [2.24, 2.45) is 0 Å². The molecule has 1 N–H and O–H groups in total. The molecule has 0 spiro atoms. The number of nitro groups is 1. The molecule has 1 aliphatic heterocycles. The van der Waals surface area contributed by atoms with Crippen LogP contribution in [0.25, 0.3) is 0 Å². The number of likely N-dealkylation sites (tertiary alicyclic amines) is 1. The number of aliphatic carboxylic acids is 1. The van der Waals surface area contributed by atoms with Crippen molar-refractivity contribution in [3.63, 3.8) is 0 Å². The first-order chi connectivity index (χ1) is 9.99. The van der Waals surface area contributed by atoms with E-state index in [0.29, 0.717) is 12.1 Å². The summed E-state index contributed by atoms with van der Waals surface area (Å²) < 4.78 is 0. The summed E-state index contributed by atoms with van der Waals surface area (Å²) in [6.45, 7) is 3.18. The van der Waals surface area contributed by atoms with Crippen LogP contribution in [0.4, 0.5) is 5.69 Å². The molecule has 0 radical (unpaired) electrons. The first kappa shape index (κ1) is 15.4. The number of rotatable bonds is 5. The Morgan fingerprint density at radius 1 is 1.48 bits per heavy atom. The predicted molar refractivity (Wildman–Crippen MR) is 78.1 cm³/mol. The standard InChI is InChI=1S/C15H20N2O4/c1-11-12(5-4-7-14(11)17(20)21)10-16-8-3-2-6-13(16)9-15(18)19/h4-5,7,13H,2-3,6,8-10H2,1H3,(H,18,19). The van der Waals surface area contributed by atoms with Crippen LogP contribution in [0.15, 0.2) is 18.2 Å². The van der Waals surface area contributed by atoms with Crippen LogP contribution >= 0.6 is 0 Å². The van der Waals surface area contributed by atoms with E-state index in [-0.39, 0.29) is 23.1 Å². The summed E-state index contributed by atoms with van der Waals surface area (Å²) in [5.74, 6) is -0.789. The van der Waals surface area contributed by atoms with Crippen LogP contribution < -0.4 is 0 Å². The Hall–Kier alpha value is -1.95. The minimum Gasteiger partial charge on any atom is -0.481 e. The van der Waals surface area contributed by atoms with Crippen LogP contribution in [0.5, 0.6) is 0 Å². The lowest BCUT2D eigenvalue weighted by Crippen LogP contribution is -2.40. The Balaban J connectivity index is 2.17. The van der Waals surface area contributed by atoms with E-state index < -0.39 is 5.97 Å². The van der Waals surface area contributed by atoms with E-state index in [4.69, 9.17) is 5.11 Å². The average molecular weight is 292 g/mol. The minimum atomic E-state index is -0.789. The third-order valence-corrected chi connectivity index (χ3v) is 4.15. The number of nitro benzene ring substituents is 1. The van der Waals surface area contributed by atoms with E-state index in [1.54, 1.807) is 13.0 Å². The van der Waals surface area contributed by atoms with Gasteiger partial charge in [0.2, 0.25) is 0 Å². The number of nitrogens with zero attached hydrogens (tertiary/aromatic N) is 2. The zero-order valence-electron chi connectivity index (χ0n) is 12.1. The molecule has 1 heterocycles. The first-order valence-corrected chi connectivity index (χ1v) is 7.17. The van der Waals surface area contributed by atoms with Crippen LogP contribution in [-0.2, 0) is 11.3 Å². The Bertz CT molecular complexity index is 544. The van der Waals surface area contributed by atoms with E-state index in [2.05, 4.69) is 4.90 Å². The first-order valence-electron chi connectivity index (χ1n) is 7.17. The molecular formula is C15H20N2O4. The topological polar surface area (TPSA) is 83.7 Å². The van der Waals surface area contributed by atoms with E-state index in [1.165, 1.54) is 6.07 Å². The highest BCUT2D eigenvalue weighted by molar-refractivity contribution is 5.67. The molecule has 1 fully saturated rings. The molecule has 0 bridgehead atoms. The molecule has 0 saturated carbocycles. The van der Waals surface area contributed by atoms with Crippen molar-refractivity contribution < 1.29 is 14.8 Å². The van der Waals surface area contributed by atoms with Gasteiger partial charge in [0.1, 0.15) is 0 Å². The van der Waals surface area contributed by atoms with Crippen LogP contribution in [-0.4, -0.2) is 33.5 Å². The normalized spacial score (nSPS) is 19.4. The molecule has 1 saturated heterocycles. The molecule has 0 aliphatic carbocycles. The molecular weight excluding hydrogens is 272 g/mol. The van der Waals surface area contributed by atoms with Crippen LogP contribution in [0.1, 0.15) is 36.8 Å². The Labute approximate surface area is 123 Å². The van der Waals surface area contributed by atoms with Gasteiger partial charge in [-0.15, -0.1) is 0 Å². The maximum atomic E-state index is 11.0. The van der Waals surface area contributed by atoms with Crippen molar-refractivity contribution >= 4 is 11.7 Å². The number of carboxylic acids is 1. The number of benzene rings is 1. The zero-order chi connectivity index (χ0) is 15.4. The van der Waals surface area contributed by atoms with Gasteiger partial charge in [-0.05, 0) is 31.9 Å². The van der Waals surface area contributed by atoms with Crippen molar-refractivity contribution in [3.8, 4) is 0 Å². The van der Waals surface area contributed by atoms with Gasteiger partial charge in [-0.3, -0.25) is 19.8 Å². The Kier molecular flexibility index (Phi) is 4.90. The summed E-state index contributed by atoms with van der Waals surface area (Å²) >= 11 is 0. The van der Waals surface area contributed by atoms with Crippen LogP contribution in [0.3, 0.4) is 0 Å². The summed E-state index contributed by atoms with van der Waals surface area (Å²) in [7, 11) is 0. The van der Waals surface area contributed by atoms with Gasteiger partial charge < -0.3 is 5.11 Å². The number of carboxylic acid groups (broad SMARTS) is 1. The van der Waals surface area contributed by atoms with Gasteiger partial charge >= 0.3 is 5.97 Å². The van der Waals surface area contributed by atoms with Crippen molar-refractivity contribution in [1.82, 2.24) is 4.90 Å². The third-order valence-electron chi connectivity index (χ3n) is 4.15. The Morgan fingerprint density at radius 3 is 2.90 bits per heavy atom. The van der Waals surface area contributed by atoms with E-state index in [9.17, 15) is 14.9 Å². The maximum Gasteiger partial charge on any atom is 0.304 e. The van der Waals surface area contributed by atoms with Gasteiger partial charge in [-0.25, -0.2) is 0 Å². The second-order valence-electron chi connectivity index (χ2n) is 5.54. The monoisotopic (exact) mass is 292 g/mol. The van der Waals surface area contributed by atoms with Gasteiger partial charge in [-0.1, -0.05) is 18.6 Å². The van der Waals surface area contributed by atoms with Crippen molar-refractivity contribution in [3.05, 3.63) is 39.4 Å². The number of hydrogen-bond acceptors (Lipinski definition) is 4. The van der Waals surface area contributed by atoms with E-state index in [0.717, 1.165) is 31.4 Å². The van der Waals surface area contributed by atoms with Crippen LogP contribution in [0.2, 0.25) is 0 Å². The highest BCUT2D eigenvalue weighted by Crippen LogP contribution is 2.26. The molecule has 0 amide bonds. The zero-order valence-corrected chi connectivity index (χ0v) is 12.1. The molecule has 0 aromatic heterocycles. The van der Waals surface area contributed by atoms with Crippen molar-refractivity contribution in [2.45, 2.75) is 45.2 Å². The molecule has 1 aromatic carbocycles. The van der Waals surface area contributed by atoms with Gasteiger partial charge in [0, 0.05) is 24.2 Å². The predicted octanol–water partition coefficient (Wildman–Crippen LogP) is 2.73. The summed E-state index contributed by atoms with van der Waals surface area (Å²) in [4.78, 5) is 23.7. The van der Waals surface area contributed by atoms with Crippen LogP contribution in [0, 0.1) is 17.0 Å². The molecule has 2 rings (SSSR count). The molecule has 1 unspecified atom stereocenters. The van der Waals surface area contributed by atoms with E-state index >= 15 is 0 Å².